The number of nitrogens with zero attached hydrogens (tertiary/aromatic N) is 2. The molecule has 0 fully saturated rings. The Bertz CT molecular complexity index is 1180. The number of carbonyl (C=O) groups excluding carboxylic acids is 2. The van der Waals surface area contributed by atoms with E-state index in [9.17, 15) is 14.4 Å². The summed E-state index contributed by atoms with van der Waals surface area (Å²) in [7, 11) is 0. The number of benzene rings is 2. The lowest BCUT2D eigenvalue weighted by Crippen LogP contribution is -2.36. The Labute approximate surface area is 203 Å². The van der Waals surface area contributed by atoms with E-state index in [4.69, 9.17) is 9.84 Å². The van der Waals surface area contributed by atoms with E-state index in [0.717, 1.165) is 11.1 Å². The normalized spacial score (nSPS) is 12.9. The van der Waals surface area contributed by atoms with E-state index in [1.54, 1.807) is 10.8 Å². The van der Waals surface area contributed by atoms with Crippen LogP contribution in [0.3, 0.4) is 0 Å². The van der Waals surface area contributed by atoms with Crippen LogP contribution in [0.5, 0.6) is 0 Å². The number of ether oxygens (including phenoxy) is 1. The van der Waals surface area contributed by atoms with Gasteiger partial charge in [0.05, 0.1) is 12.7 Å². The van der Waals surface area contributed by atoms with E-state index in [2.05, 4.69) is 39.9 Å². The zero-order chi connectivity index (χ0) is 24.8. The van der Waals surface area contributed by atoms with E-state index < -0.39 is 24.0 Å². The SMILES string of the molecule is CC[C@@H](CC(=O)O)NC(=O)c1cn(CCNC(=O)OCC2c3ccccc3-c3ccccc32)cn1. The number of aromatic nitrogens is 2. The Kier molecular flexibility index (Phi) is 7.45. The van der Waals surface area contributed by atoms with Gasteiger partial charge in [-0.3, -0.25) is 9.59 Å². The molecule has 1 atom stereocenters. The van der Waals surface area contributed by atoms with Gasteiger partial charge >= 0.3 is 12.1 Å². The van der Waals surface area contributed by atoms with Crippen molar-refractivity contribution < 1.29 is 24.2 Å². The molecule has 0 saturated heterocycles. The number of hydrogen-bond acceptors (Lipinski definition) is 5. The van der Waals surface area contributed by atoms with Crippen molar-refractivity contribution in [3.05, 3.63) is 77.9 Å². The molecule has 3 aromatic rings. The molecule has 0 unspecified atom stereocenters. The molecule has 4 rings (SSSR count). The van der Waals surface area contributed by atoms with Gasteiger partial charge in [0.2, 0.25) is 0 Å². The van der Waals surface area contributed by atoms with E-state index in [1.807, 2.05) is 31.2 Å². The zero-order valence-electron chi connectivity index (χ0n) is 19.4. The molecular weight excluding hydrogens is 448 g/mol. The molecule has 0 aliphatic heterocycles. The number of fused-ring (bicyclic) bond motifs is 3. The van der Waals surface area contributed by atoms with Gasteiger partial charge in [-0.1, -0.05) is 55.5 Å². The Hall–Kier alpha value is -4.14. The largest absolute Gasteiger partial charge is 0.481 e. The molecule has 1 aromatic heterocycles. The second-order valence-corrected chi connectivity index (χ2v) is 8.43. The van der Waals surface area contributed by atoms with E-state index in [0.29, 0.717) is 19.5 Å². The highest BCUT2D eigenvalue weighted by Crippen LogP contribution is 2.44. The van der Waals surface area contributed by atoms with Crippen molar-refractivity contribution in [1.82, 2.24) is 20.2 Å². The van der Waals surface area contributed by atoms with E-state index in [-0.39, 0.29) is 24.6 Å². The first-order chi connectivity index (χ1) is 17.0. The third-order valence-electron chi connectivity index (χ3n) is 6.10. The van der Waals surface area contributed by atoms with Crippen molar-refractivity contribution >= 4 is 18.0 Å². The van der Waals surface area contributed by atoms with Gasteiger partial charge in [0, 0.05) is 31.2 Å². The Morgan fingerprint density at radius 1 is 1.09 bits per heavy atom. The molecule has 1 aliphatic rings. The standard InChI is InChI=1S/C26H28N4O5/c1-2-17(13-24(31)32)29-25(33)23-14-30(16-28-23)12-11-27-26(34)35-15-22-20-9-5-3-7-18(20)19-8-4-6-10-21(19)22/h3-10,14,16-17,22H,2,11-13,15H2,1H3,(H,27,34)(H,29,33)(H,31,32)/t17-/m0/s1. The van der Waals surface area contributed by atoms with Gasteiger partial charge < -0.3 is 25.0 Å². The van der Waals surface area contributed by atoms with Crippen molar-refractivity contribution in [2.24, 2.45) is 0 Å². The second kappa shape index (κ2) is 10.9. The molecule has 3 N–H and O–H groups in total. The number of alkyl carbamates (subject to hydrolysis) is 1. The monoisotopic (exact) mass is 476 g/mol. The molecule has 9 nitrogen and oxygen atoms in total. The van der Waals surface area contributed by atoms with Crippen LogP contribution < -0.4 is 10.6 Å². The van der Waals surface area contributed by atoms with Crippen molar-refractivity contribution in [2.75, 3.05) is 13.2 Å². The third kappa shape index (κ3) is 5.68. The minimum Gasteiger partial charge on any atom is -0.481 e. The Morgan fingerprint density at radius 3 is 2.37 bits per heavy atom. The first kappa shape index (κ1) is 24.0. The van der Waals surface area contributed by atoms with Crippen LogP contribution in [0.4, 0.5) is 4.79 Å². The summed E-state index contributed by atoms with van der Waals surface area (Å²) >= 11 is 0. The lowest BCUT2D eigenvalue weighted by atomic mass is 9.98. The molecule has 0 radical (unpaired) electrons. The van der Waals surface area contributed by atoms with E-state index >= 15 is 0 Å². The van der Waals surface area contributed by atoms with Gasteiger partial charge in [0.25, 0.3) is 5.91 Å². The maximum Gasteiger partial charge on any atom is 0.407 e. The average Bonchev–Trinajstić information content (AvgIpc) is 3.45. The molecule has 9 heteroatoms. The molecule has 1 heterocycles. The number of amides is 2. The number of carbonyl (C=O) groups is 3. The number of aliphatic carboxylic acids is 1. The highest BCUT2D eigenvalue weighted by atomic mass is 16.5. The molecule has 0 spiro atoms. The van der Waals surface area contributed by atoms with Crippen LogP contribution in [0.1, 0.15) is 47.3 Å². The topological polar surface area (TPSA) is 123 Å². The summed E-state index contributed by atoms with van der Waals surface area (Å²) in [6, 6.07) is 15.9. The summed E-state index contributed by atoms with van der Waals surface area (Å²) in [5.41, 5.74) is 4.84. The van der Waals surface area contributed by atoms with Crippen LogP contribution in [0.2, 0.25) is 0 Å². The van der Waals surface area contributed by atoms with Crippen molar-refractivity contribution in [3.8, 4) is 11.1 Å². The summed E-state index contributed by atoms with van der Waals surface area (Å²) in [5, 5.41) is 14.3. The lowest BCUT2D eigenvalue weighted by Gasteiger charge is -2.14. The van der Waals surface area contributed by atoms with Gasteiger partial charge in [-0.2, -0.15) is 0 Å². The minimum absolute atomic E-state index is 0.00376. The van der Waals surface area contributed by atoms with Gasteiger partial charge in [0.15, 0.2) is 0 Å². The van der Waals surface area contributed by atoms with Crippen LogP contribution in [0.25, 0.3) is 11.1 Å². The molecule has 0 saturated carbocycles. The summed E-state index contributed by atoms with van der Waals surface area (Å²) in [6.07, 6.45) is 2.90. The van der Waals surface area contributed by atoms with Crippen molar-refractivity contribution in [3.63, 3.8) is 0 Å². The summed E-state index contributed by atoms with van der Waals surface area (Å²) < 4.78 is 7.20. The highest BCUT2D eigenvalue weighted by Gasteiger charge is 2.29. The predicted molar refractivity (Wildman–Crippen MR) is 129 cm³/mol. The van der Waals surface area contributed by atoms with Crippen LogP contribution in [0.15, 0.2) is 61.1 Å². The van der Waals surface area contributed by atoms with Crippen molar-refractivity contribution in [2.45, 2.75) is 38.3 Å². The van der Waals surface area contributed by atoms with Crippen LogP contribution in [0, 0.1) is 0 Å². The van der Waals surface area contributed by atoms with Crippen LogP contribution >= 0.6 is 0 Å². The van der Waals surface area contributed by atoms with Crippen LogP contribution in [-0.2, 0) is 16.1 Å². The number of nitrogens with one attached hydrogen (secondary N) is 2. The fourth-order valence-electron chi connectivity index (χ4n) is 4.30. The smallest absolute Gasteiger partial charge is 0.407 e. The fourth-order valence-corrected chi connectivity index (χ4v) is 4.30. The number of carboxylic acid groups (broad SMARTS) is 1. The maximum atomic E-state index is 12.3. The Morgan fingerprint density at radius 2 is 1.74 bits per heavy atom. The minimum atomic E-state index is -0.970. The fraction of sp³-hybridized carbons (Fsp3) is 0.308. The molecule has 1 aliphatic carbocycles. The third-order valence-corrected chi connectivity index (χ3v) is 6.10. The summed E-state index contributed by atoms with van der Waals surface area (Å²) in [5.74, 6) is -1.40. The van der Waals surface area contributed by atoms with E-state index in [1.165, 1.54) is 17.5 Å². The summed E-state index contributed by atoms with van der Waals surface area (Å²) in [4.78, 5) is 39.6. The molecule has 35 heavy (non-hydrogen) atoms. The molecule has 182 valence electrons. The van der Waals surface area contributed by atoms with Gasteiger partial charge in [0.1, 0.15) is 12.3 Å². The highest BCUT2D eigenvalue weighted by molar-refractivity contribution is 5.92. The number of hydrogen-bond donors (Lipinski definition) is 3. The van der Waals surface area contributed by atoms with Gasteiger partial charge in [-0.05, 0) is 28.7 Å². The number of carboxylic acids is 1. The molecule has 0 bridgehead atoms. The van der Waals surface area contributed by atoms with Crippen molar-refractivity contribution in [1.29, 1.82) is 0 Å². The van der Waals surface area contributed by atoms with Gasteiger partial charge in [-0.25, -0.2) is 9.78 Å². The maximum absolute atomic E-state index is 12.3. The first-order valence-corrected chi connectivity index (χ1v) is 11.6. The van der Waals surface area contributed by atoms with Crippen LogP contribution in [-0.4, -0.2) is 51.8 Å². The quantitative estimate of drug-likeness (QED) is 0.412. The number of rotatable bonds is 10. The predicted octanol–water partition coefficient (Wildman–Crippen LogP) is 3.40. The molecule has 2 amide bonds. The Balaban J connectivity index is 1.25. The lowest BCUT2D eigenvalue weighted by molar-refractivity contribution is -0.137. The first-order valence-electron chi connectivity index (χ1n) is 11.6. The second-order valence-electron chi connectivity index (χ2n) is 8.43. The average molecular weight is 477 g/mol. The molecular formula is C26H28N4O5. The number of imidazole rings is 1. The summed E-state index contributed by atoms with van der Waals surface area (Å²) in [6.45, 7) is 2.74. The zero-order valence-corrected chi connectivity index (χ0v) is 19.4. The molecule has 2 aromatic carbocycles. The van der Waals surface area contributed by atoms with Gasteiger partial charge in [-0.15, -0.1) is 0 Å².